The zero-order valence-corrected chi connectivity index (χ0v) is 10.9. The van der Waals surface area contributed by atoms with E-state index in [4.69, 9.17) is 20.7 Å². The molecule has 0 fully saturated rings. The van der Waals surface area contributed by atoms with Gasteiger partial charge in [-0.25, -0.2) is 0 Å². The zero-order valence-electron chi connectivity index (χ0n) is 10.0. The van der Waals surface area contributed by atoms with E-state index in [-0.39, 0.29) is 30.5 Å². The molecule has 0 unspecified atom stereocenters. The van der Waals surface area contributed by atoms with E-state index >= 15 is 0 Å². The van der Waals surface area contributed by atoms with Gasteiger partial charge in [0.15, 0.2) is 11.3 Å². The first-order chi connectivity index (χ1) is 8.74. The molecular weight excluding hydrogens is 270 g/mol. The third-order valence-electron chi connectivity index (χ3n) is 2.30. The van der Waals surface area contributed by atoms with Crippen molar-refractivity contribution in [1.82, 2.24) is 5.16 Å². The number of aromatic nitrogens is 1. The molecule has 1 aromatic carbocycles. The van der Waals surface area contributed by atoms with E-state index < -0.39 is 5.91 Å². The van der Waals surface area contributed by atoms with Crippen LogP contribution in [0.3, 0.4) is 0 Å². The van der Waals surface area contributed by atoms with Crippen LogP contribution in [0.15, 0.2) is 34.9 Å². The van der Waals surface area contributed by atoms with Crippen LogP contribution >= 0.6 is 12.4 Å². The number of hydrogen-bond acceptors (Lipinski definition) is 5. The number of primary amides is 1. The van der Waals surface area contributed by atoms with Gasteiger partial charge in [0.25, 0.3) is 11.8 Å². The summed E-state index contributed by atoms with van der Waals surface area (Å²) in [6, 6.07) is 9.08. The molecule has 0 saturated carbocycles. The number of halogens is 1. The Labute approximate surface area is 116 Å². The van der Waals surface area contributed by atoms with Crippen LogP contribution in [-0.2, 0) is 0 Å². The first-order valence-corrected chi connectivity index (χ1v) is 5.41. The molecule has 19 heavy (non-hydrogen) atoms. The van der Waals surface area contributed by atoms with Crippen molar-refractivity contribution in [3.8, 4) is 17.2 Å². The number of rotatable bonds is 5. The molecule has 1 heterocycles. The Kier molecular flexibility index (Phi) is 5.35. The highest BCUT2D eigenvalue weighted by molar-refractivity contribution is 6.00. The molecule has 0 bridgehead atoms. The Balaban J connectivity index is 0.00000180. The van der Waals surface area contributed by atoms with Crippen LogP contribution in [0.25, 0.3) is 11.3 Å². The Morgan fingerprint density at radius 2 is 2.00 bits per heavy atom. The zero-order chi connectivity index (χ0) is 13.0. The monoisotopic (exact) mass is 283 g/mol. The Morgan fingerprint density at radius 1 is 1.32 bits per heavy atom. The normalized spacial score (nSPS) is 9.74. The molecule has 0 aliphatic rings. The van der Waals surface area contributed by atoms with Gasteiger partial charge in [0.2, 0.25) is 0 Å². The maximum absolute atomic E-state index is 11.5. The van der Waals surface area contributed by atoms with Crippen molar-refractivity contribution in [2.75, 3.05) is 13.2 Å². The summed E-state index contributed by atoms with van der Waals surface area (Å²) >= 11 is 0. The molecule has 0 atom stereocenters. The Morgan fingerprint density at radius 3 is 2.58 bits per heavy atom. The van der Waals surface area contributed by atoms with Gasteiger partial charge in [0, 0.05) is 12.1 Å². The van der Waals surface area contributed by atoms with Crippen LogP contribution in [-0.4, -0.2) is 24.2 Å². The Bertz CT molecular complexity index is 542. The lowest BCUT2D eigenvalue weighted by molar-refractivity contribution is 0.0997. The van der Waals surface area contributed by atoms with Crippen LogP contribution in [0.5, 0.6) is 5.88 Å². The largest absolute Gasteiger partial charge is 0.474 e. The fourth-order valence-corrected chi connectivity index (χ4v) is 1.53. The first kappa shape index (κ1) is 15.0. The van der Waals surface area contributed by atoms with Crippen LogP contribution in [0.1, 0.15) is 10.4 Å². The number of hydrogen-bond donors (Lipinski definition) is 2. The lowest BCUT2D eigenvalue weighted by Gasteiger charge is -2.01. The standard InChI is InChI=1S/C12H13N3O3.ClH/c13-6-7-17-12-9(11(14)16)10(18-15-12)8-4-2-1-3-5-8;/h1-5H,6-7,13H2,(H2,14,16);1H. The minimum Gasteiger partial charge on any atom is -0.474 e. The summed E-state index contributed by atoms with van der Waals surface area (Å²) < 4.78 is 10.3. The molecule has 0 aliphatic carbocycles. The van der Waals surface area contributed by atoms with Gasteiger partial charge < -0.3 is 20.7 Å². The third-order valence-corrected chi connectivity index (χ3v) is 2.30. The number of nitrogens with zero attached hydrogens (tertiary/aromatic N) is 1. The van der Waals surface area contributed by atoms with Crippen LogP contribution in [0.2, 0.25) is 0 Å². The number of amides is 1. The third kappa shape index (κ3) is 3.24. The van der Waals surface area contributed by atoms with E-state index in [1.807, 2.05) is 18.2 Å². The first-order valence-electron chi connectivity index (χ1n) is 5.41. The topological polar surface area (TPSA) is 104 Å². The van der Waals surface area contributed by atoms with Gasteiger partial charge in [-0.05, 0) is 5.16 Å². The lowest BCUT2D eigenvalue weighted by atomic mass is 10.1. The summed E-state index contributed by atoms with van der Waals surface area (Å²) in [7, 11) is 0. The van der Waals surface area contributed by atoms with Gasteiger partial charge in [0.05, 0.1) is 0 Å². The fourth-order valence-electron chi connectivity index (χ4n) is 1.53. The summed E-state index contributed by atoms with van der Waals surface area (Å²) in [5.74, 6) is -0.274. The number of ether oxygens (including phenoxy) is 1. The van der Waals surface area contributed by atoms with Crippen LogP contribution < -0.4 is 16.2 Å². The predicted octanol–water partition coefficient (Wildman–Crippen LogP) is 1.20. The van der Waals surface area contributed by atoms with E-state index in [1.54, 1.807) is 12.1 Å². The summed E-state index contributed by atoms with van der Waals surface area (Å²) in [6.07, 6.45) is 0. The molecule has 0 aliphatic heterocycles. The molecule has 1 amide bonds. The van der Waals surface area contributed by atoms with E-state index in [9.17, 15) is 4.79 Å². The van der Waals surface area contributed by atoms with Gasteiger partial charge in [-0.15, -0.1) is 12.4 Å². The van der Waals surface area contributed by atoms with Crippen LogP contribution in [0, 0.1) is 0 Å². The highest BCUT2D eigenvalue weighted by atomic mass is 35.5. The summed E-state index contributed by atoms with van der Waals surface area (Å²) in [6.45, 7) is 0.548. The van der Waals surface area contributed by atoms with Gasteiger partial charge >= 0.3 is 0 Å². The number of carbonyl (C=O) groups excluding carboxylic acids is 1. The average Bonchev–Trinajstić information content (AvgIpc) is 2.81. The van der Waals surface area contributed by atoms with Crippen molar-refractivity contribution in [2.24, 2.45) is 11.5 Å². The van der Waals surface area contributed by atoms with E-state index in [2.05, 4.69) is 5.16 Å². The molecule has 2 rings (SSSR count). The molecule has 2 aromatic rings. The second-order valence-electron chi connectivity index (χ2n) is 3.56. The molecule has 0 radical (unpaired) electrons. The summed E-state index contributed by atoms with van der Waals surface area (Å²) in [4.78, 5) is 11.5. The highest BCUT2D eigenvalue weighted by Crippen LogP contribution is 2.29. The second-order valence-corrected chi connectivity index (χ2v) is 3.56. The predicted molar refractivity (Wildman–Crippen MR) is 72.3 cm³/mol. The van der Waals surface area contributed by atoms with Crippen molar-refractivity contribution < 1.29 is 14.1 Å². The molecule has 7 heteroatoms. The van der Waals surface area contributed by atoms with E-state index in [1.165, 1.54) is 0 Å². The molecule has 102 valence electrons. The van der Waals surface area contributed by atoms with Gasteiger partial charge in [-0.3, -0.25) is 4.79 Å². The smallest absolute Gasteiger partial charge is 0.267 e. The lowest BCUT2D eigenvalue weighted by Crippen LogP contribution is -2.16. The Hall–Kier alpha value is -2.05. The number of benzene rings is 1. The van der Waals surface area contributed by atoms with Crippen molar-refractivity contribution in [1.29, 1.82) is 0 Å². The number of carbonyl (C=O) groups is 1. The van der Waals surface area contributed by atoms with Gasteiger partial charge in [-0.2, -0.15) is 0 Å². The maximum atomic E-state index is 11.5. The van der Waals surface area contributed by atoms with Crippen molar-refractivity contribution >= 4 is 18.3 Å². The van der Waals surface area contributed by atoms with Crippen LogP contribution in [0.4, 0.5) is 0 Å². The van der Waals surface area contributed by atoms with Crippen molar-refractivity contribution in [3.05, 3.63) is 35.9 Å². The van der Waals surface area contributed by atoms with Crippen molar-refractivity contribution in [3.63, 3.8) is 0 Å². The SMILES string of the molecule is Cl.NCCOc1noc(-c2ccccc2)c1C(N)=O. The minimum absolute atomic E-state index is 0. The minimum atomic E-state index is -0.651. The molecule has 0 spiro atoms. The summed E-state index contributed by atoms with van der Waals surface area (Å²) in [5.41, 5.74) is 11.5. The average molecular weight is 284 g/mol. The van der Waals surface area contributed by atoms with Crippen molar-refractivity contribution in [2.45, 2.75) is 0 Å². The molecule has 4 N–H and O–H groups in total. The highest BCUT2D eigenvalue weighted by Gasteiger charge is 2.23. The molecule has 1 aromatic heterocycles. The van der Waals surface area contributed by atoms with Gasteiger partial charge in [0.1, 0.15) is 6.61 Å². The number of nitrogens with two attached hydrogens (primary N) is 2. The fraction of sp³-hybridized carbons (Fsp3) is 0.167. The second kappa shape index (κ2) is 6.77. The summed E-state index contributed by atoms with van der Waals surface area (Å²) in [5, 5.41) is 3.70. The maximum Gasteiger partial charge on any atom is 0.267 e. The molecule has 6 nitrogen and oxygen atoms in total. The quantitative estimate of drug-likeness (QED) is 0.858. The molecular formula is C12H14ClN3O3. The van der Waals surface area contributed by atoms with E-state index in [0.29, 0.717) is 17.9 Å². The molecule has 0 saturated heterocycles. The van der Waals surface area contributed by atoms with Gasteiger partial charge in [-0.1, -0.05) is 30.3 Å². The van der Waals surface area contributed by atoms with E-state index in [0.717, 1.165) is 0 Å².